The summed E-state index contributed by atoms with van der Waals surface area (Å²) in [6.45, 7) is 0. The van der Waals surface area contributed by atoms with Crippen molar-refractivity contribution in [3.8, 4) is 22.8 Å². The number of ether oxygens (including phenoxy) is 2. The van der Waals surface area contributed by atoms with Gasteiger partial charge in [-0.05, 0) is 25.0 Å². The molecule has 1 aliphatic rings. The van der Waals surface area contributed by atoms with Gasteiger partial charge in [0.2, 0.25) is 5.91 Å². The summed E-state index contributed by atoms with van der Waals surface area (Å²) in [4.78, 5) is 16.7. The number of carbonyl (C=O) groups is 1. The van der Waals surface area contributed by atoms with Gasteiger partial charge >= 0.3 is 0 Å². The fraction of sp³-hybridized carbons (Fsp3) is 0.412. The summed E-state index contributed by atoms with van der Waals surface area (Å²) in [6.07, 6.45) is 4.25. The monoisotopic (exact) mass is 332 g/mol. The lowest BCUT2D eigenvalue weighted by Crippen LogP contribution is -2.20. The first-order valence-electron chi connectivity index (χ1n) is 7.70. The maximum absolute atomic E-state index is 12.2. The van der Waals surface area contributed by atoms with Gasteiger partial charge in [0.15, 0.2) is 5.13 Å². The molecule has 1 heterocycles. The predicted octanol–water partition coefficient (Wildman–Crippen LogP) is 3.96. The Hall–Kier alpha value is -2.08. The first-order chi connectivity index (χ1) is 11.2. The smallest absolute Gasteiger partial charge is 0.229 e. The summed E-state index contributed by atoms with van der Waals surface area (Å²) >= 11 is 1.43. The number of hydrogen-bond acceptors (Lipinski definition) is 5. The average Bonchev–Trinajstić information content (AvgIpc) is 3.26. The molecular formula is C17H20N2O3S. The SMILES string of the molecule is COc1ccc(-c2csc(NC(=O)C3CCCC3)n2)c(OC)c1. The van der Waals surface area contributed by atoms with Gasteiger partial charge in [-0.2, -0.15) is 0 Å². The van der Waals surface area contributed by atoms with Crippen molar-refractivity contribution in [1.29, 1.82) is 0 Å². The van der Waals surface area contributed by atoms with E-state index in [1.54, 1.807) is 14.2 Å². The van der Waals surface area contributed by atoms with Crippen LogP contribution in [0.3, 0.4) is 0 Å². The van der Waals surface area contributed by atoms with Gasteiger partial charge in [-0.25, -0.2) is 4.98 Å². The molecule has 2 aromatic rings. The molecule has 0 atom stereocenters. The molecule has 0 spiro atoms. The molecule has 6 heteroatoms. The van der Waals surface area contributed by atoms with Crippen molar-refractivity contribution in [2.24, 2.45) is 5.92 Å². The van der Waals surface area contributed by atoms with Crippen molar-refractivity contribution in [3.63, 3.8) is 0 Å². The number of nitrogens with zero attached hydrogens (tertiary/aromatic N) is 1. The molecule has 5 nitrogen and oxygen atoms in total. The highest BCUT2D eigenvalue weighted by molar-refractivity contribution is 7.14. The molecule has 1 aromatic heterocycles. The molecule has 23 heavy (non-hydrogen) atoms. The molecule has 122 valence electrons. The minimum atomic E-state index is 0.0881. The third-order valence-corrected chi connectivity index (χ3v) is 4.90. The Balaban J connectivity index is 1.77. The van der Waals surface area contributed by atoms with Crippen LogP contribution in [0.2, 0.25) is 0 Å². The summed E-state index contributed by atoms with van der Waals surface area (Å²) < 4.78 is 10.6. The van der Waals surface area contributed by atoms with Gasteiger partial charge in [-0.1, -0.05) is 12.8 Å². The maximum Gasteiger partial charge on any atom is 0.229 e. The number of nitrogens with one attached hydrogen (secondary N) is 1. The molecule has 1 saturated carbocycles. The zero-order valence-corrected chi connectivity index (χ0v) is 14.1. The van der Waals surface area contributed by atoms with Gasteiger partial charge in [-0.3, -0.25) is 4.79 Å². The lowest BCUT2D eigenvalue weighted by Gasteiger charge is -2.09. The minimum Gasteiger partial charge on any atom is -0.497 e. The largest absolute Gasteiger partial charge is 0.497 e. The second-order valence-corrected chi connectivity index (χ2v) is 6.43. The Morgan fingerprint density at radius 2 is 2.04 bits per heavy atom. The highest BCUT2D eigenvalue weighted by atomic mass is 32.1. The average molecular weight is 332 g/mol. The topological polar surface area (TPSA) is 60.5 Å². The Bertz CT molecular complexity index is 693. The molecule has 1 aromatic carbocycles. The number of carbonyl (C=O) groups excluding carboxylic acids is 1. The zero-order chi connectivity index (χ0) is 16.2. The van der Waals surface area contributed by atoms with E-state index < -0.39 is 0 Å². The first-order valence-corrected chi connectivity index (χ1v) is 8.58. The first kappa shape index (κ1) is 15.8. The zero-order valence-electron chi connectivity index (χ0n) is 13.3. The van der Waals surface area contributed by atoms with Gasteiger partial charge in [0.1, 0.15) is 11.5 Å². The molecule has 0 bridgehead atoms. The van der Waals surface area contributed by atoms with Crippen LogP contribution < -0.4 is 14.8 Å². The van der Waals surface area contributed by atoms with E-state index in [1.165, 1.54) is 11.3 Å². The number of anilines is 1. The lowest BCUT2D eigenvalue weighted by atomic mass is 10.1. The Morgan fingerprint density at radius 1 is 1.26 bits per heavy atom. The normalized spacial score (nSPS) is 14.7. The van der Waals surface area contributed by atoms with Gasteiger partial charge in [0, 0.05) is 22.9 Å². The molecule has 3 rings (SSSR count). The third kappa shape index (κ3) is 3.47. The highest BCUT2D eigenvalue weighted by Crippen LogP contribution is 2.35. The van der Waals surface area contributed by atoms with Crippen LogP contribution in [0.15, 0.2) is 23.6 Å². The van der Waals surface area contributed by atoms with E-state index in [9.17, 15) is 4.79 Å². The second-order valence-electron chi connectivity index (χ2n) is 5.57. The van der Waals surface area contributed by atoms with Gasteiger partial charge < -0.3 is 14.8 Å². The van der Waals surface area contributed by atoms with Crippen molar-refractivity contribution in [3.05, 3.63) is 23.6 Å². The maximum atomic E-state index is 12.2. The fourth-order valence-corrected chi connectivity index (χ4v) is 3.57. The summed E-state index contributed by atoms with van der Waals surface area (Å²) in [5, 5.41) is 5.50. The number of rotatable bonds is 5. The van der Waals surface area contributed by atoms with Crippen molar-refractivity contribution in [1.82, 2.24) is 4.98 Å². The molecule has 1 N–H and O–H groups in total. The summed E-state index contributed by atoms with van der Waals surface area (Å²) in [7, 11) is 3.24. The highest BCUT2D eigenvalue weighted by Gasteiger charge is 2.23. The Morgan fingerprint density at radius 3 is 2.74 bits per heavy atom. The van der Waals surface area contributed by atoms with Gasteiger partial charge in [0.05, 0.1) is 19.9 Å². The van der Waals surface area contributed by atoms with Gasteiger partial charge in [-0.15, -0.1) is 11.3 Å². The van der Waals surface area contributed by atoms with Crippen molar-refractivity contribution >= 4 is 22.4 Å². The van der Waals surface area contributed by atoms with E-state index in [0.29, 0.717) is 10.9 Å². The Kier molecular flexibility index (Phi) is 4.81. The molecule has 1 fully saturated rings. The van der Waals surface area contributed by atoms with Crippen LogP contribution in [-0.2, 0) is 4.79 Å². The van der Waals surface area contributed by atoms with E-state index in [1.807, 2.05) is 23.6 Å². The van der Waals surface area contributed by atoms with Crippen LogP contribution in [0.25, 0.3) is 11.3 Å². The standard InChI is InChI=1S/C17H20N2O3S/c1-21-12-7-8-13(15(9-12)22-2)14-10-23-17(18-14)19-16(20)11-5-3-4-6-11/h7-11H,3-6H2,1-2H3,(H,18,19,20). The number of aromatic nitrogens is 1. The fourth-order valence-electron chi connectivity index (χ4n) is 2.86. The predicted molar refractivity (Wildman–Crippen MR) is 91.2 cm³/mol. The number of methoxy groups -OCH3 is 2. The summed E-state index contributed by atoms with van der Waals surface area (Å²) in [5.74, 6) is 1.65. The van der Waals surface area contributed by atoms with Crippen molar-refractivity contribution < 1.29 is 14.3 Å². The lowest BCUT2D eigenvalue weighted by molar-refractivity contribution is -0.119. The van der Waals surface area contributed by atoms with Crippen LogP contribution in [0.1, 0.15) is 25.7 Å². The van der Waals surface area contributed by atoms with Crippen LogP contribution >= 0.6 is 11.3 Å². The third-order valence-electron chi connectivity index (χ3n) is 4.14. The number of amides is 1. The molecule has 1 amide bonds. The molecular weight excluding hydrogens is 312 g/mol. The molecule has 0 unspecified atom stereocenters. The van der Waals surface area contributed by atoms with Gasteiger partial charge in [0.25, 0.3) is 0 Å². The van der Waals surface area contributed by atoms with E-state index in [-0.39, 0.29) is 11.8 Å². The molecule has 0 radical (unpaired) electrons. The van der Waals surface area contributed by atoms with E-state index in [2.05, 4.69) is 10.3 Å². The van der Waals surface area contributed by atoms with E-state index in [0.717, 1.165) is 42.7 Å². The summed E-state index contributed by atoms with van der Waals surface area (Å²) in [6, 6.07) is 5.61. The number of thiazole rings is 1. The summed E-state index contributed by atoms with van der Waals surface area (Å²) in [5.41, 5.74) is 1.67. The van der Waals surface area contributed by atoms with Crippen LogP contribution in [-0.4, -0.2) is 25.1 Å². The minimum absolute atomic E-state index is 0.0881. The van der Waals surface area contributed by atoms with E-state index in [4.69, 9.17) is 9.47 Å². The van der Waals surface area contributed by atoms with E-state index >= 15 is 0 Å². The number of hydrogen-bond donors (Lipinski definition) is 1. The molecule has 0 aliphatic heterocycles. The Labute approximate surface area is 139 Å². The quantitative estimate of drug-likeness (QED) is 0.900. The van der Waals surface area contributed by atoms with Crippen LogP contribution in [0, 0.1) is 5.92 Å². The van der Waals surface area contributed by atoms with Crippen LogP contribution in [0.4, 0.5) is 5.13 Å². The second kappa shape index (κ2) is 7.00. The number of benzene rings is 1. The van der Waals surface area contributed by atoms with Crippen molar-refractivity contribution in [2.45, 2.75) is 25.7 Å². The molecule has 0 saturated heterocycles. The van der Waals surface area contributed by atoms with Crippen LogP contribution in [0.5, 0.6) is 11.5 Å². The van der Waals surface area contributed by atoms with Crippen molar-refractivity contribution in [2.75, 3.05) is 19.5 Å². The molecule has 1 aliphatic carbocycles.